The Morgan fingerprint density at radius 3 is 2.12 bits per heavy atom. The Bertz CT molecular complexity index is 1780. The molecule has 0 aliphatic carbocycles. The summed E-state index contributed by atoms with van der Waals surface area (Å²) in [4.78, 5) is 31.1. The van der Waals surface area contributed by atoms with Crippen LogP contribution in [0.2, 0.25) is 5.02 Å². The monoisotopic (exact) mass is 707 g/mol. The molecule has 0 spiro atoms. The number of carbonyl (C=O) groups is 2. The Morgan fingerprint density at radius 1 is 0.896 bits per heavy atom. The third-order valence-electron chi connectivity index (χ3n) is 7.37. The van der Waals surface area contributed by atoms with Crippen LogP contribution in [0.3, 0.4) is 0 Å². The van der Waals surface area contributed by atoms with Gasteiger partial charge in [0.1, 0.15) is 18.3 Å². The molecule has 0 heterocycles. The van der Waals surface area contributed by atoms with Crippen LogP contribution >= 0.6 is 23.4 Å². The largest absolute Gasteiger partial charge is 0.494 e. The molecule has 0 aliphatic heterocycles. The summed E-state index contributed by atoms with van der Waals surface area (Å²) in [5.41, 5.74) is 1.24. The average molecular weight is 708 g/mol. The summed E-state index contributed by atoms with van der Waals surface area (Å²) in [7, 11) is -4.23. The number of thioether (sulfide) groups is 1. The van der Waals surface area contributed by atoms with E-state index in [1.165, 1.54) is 28.8 Å². The fraction of sp³-hybridized carbons (Fsp3) is 0.297. The van der Waals surface area contributed by atoms with E-state index in [9.17, 15) is 18.0 Å². The number of ether oxygens (including phenoxy) is 1. The average Bonchev–Trinajstić information content (AvgIpc) is 3.05. The van der Waals surface area contributed by atoms with Crippen molar-refractivity contribution >= 4 is 50.9 Å². The molecule has 4 aromatic rings. The molecule has 0 aliphatic rings. The van der Waals surface area contributed by atoms with Gasteiger partial charge in [0.05, 0.1) is 17.2 Å². The number of rotatable bonds is 14. The van der Waals surface area contributed by atoms with Crippen LogP contribution in [0.5, 0.6) is 5.75 Å². The van der Waals surface area contributed by atoms with Crippen molar-refractivity contribution in [1.29, 1.82) is 0 Å². The highest BCUT2D eigenvalue weighted by Crippen LogP contribution is 2.28. The number of amides is 2. The van der Waals surface area contributed by atoms with Crippen molar-refractivity contribution in [2.75, 3.05) is 23.7 Å². The SMILES string of the molecule is CCOc1ccc(N(CC(=O)N(Cc2cccc(Cl)c2)[C@@H](Cc2ccccc2)C(=O)NC(C)(C)C)S(=O)(=O)c2ccc(SC)cc2)cc1. The highest BCUT2D eigenvalue weighted by atomic mass is 35.5. The zero-order valence-electron chi connectivity index (χ0n) is 27.9. The lowest BCUT2D eigenvalue weighted by molar-refractivity contribution is -0.140. The van der Waals surface area contributed by atoms with Gasteiger partial charge in [-0.05, 0) is 106 Å². The van der Waals surface area contributed by atoms with Gasteiger partial charge in [0.15, 0.2) is 0 Å². The predicted octanol–water partition coefficient (Wildman–Crippen LogP) is 7.21. The highest BCUT2D eigenvalue weighted by Gasteiger charge is 2.35. The minimum atomic E-state index is -4.23. The number of carbonyl (C=O) groups excluding carboxylic acids is 2. The molecule has 0 radical (unpaired) electrons. The fourth-order valence-corrected chi connectivity index (χ4v) is 7.15. The first-order valence-electron chi connectivity index (χ1n) is 15.6. The number of nitrogens with one attached hydrogen (secondary N) is 1. The first-order chi connectivity index (χ1) is 22.8. The van der Waals surface area contributed by atoms with E-state index >= 15 is 0 Å². The Balaban J connectivity index is 1.82. The number of nitrogens with zero attached hydrogens (tertiary/aromatic N) is 2. The molecule has 1 N–H and O–H groups in total. The summed E-state index contributed by atoms with van der Waals surface area (Å²) in [5, 5.41) is 3.51. The summed E-state index contributed by atoms with van der Waals surface area (Å²) in [6.45, 7) is 7.38. The minimum Gasteiger partial charge on any atom is -0.494 e. The molecule has 0 aromatic heterocycles. The number of halogens is 1. The van der Waals surface area contributed by atoms with Crippen molar-refractivity contribution in [3.63, 3.8) is 0 Å². The number of sulfonamides is 1. The van der Waals surface area contributed by atoms with Gasteiger partial charge in [-0.1, -0.05) is 54.1 Å². The smallest absolute Gasteiger partial charge is 0.264 e. The maximum Gasteiger partial charge on any atom is 0.264 e. The number of anilines is 1. The molecular formula is C37H42ClN3O5S2. The van der Waals surface area contributed by atoms with Crippen molar-refractivity contribution < 1.29 is 22.7 Å². The van der Waals surface area contributed by atoms with E-state index in [2.05, 4.69) is 5.32 Å². The zero-order chi connectivity index (χ0) is 34.9. The lowest BCUT2D eigenvalue weighted by Crippen LogP contribution is -2.56. The highest BCUT2D eigenvalue weighted by molar-refractivity contribution is 7.98. The van der Waals surface area contributed by atoms with Crippen LogP contribution in [0.1, 0.15) is 38.8 Å². The van der Waals surface area contributed by atoms with Crippen LogP contribution < -0.4 is 14.4 Å². The fourth-order valence-electron chi connectivity index (χ4n) is 5.12. The maximum absolute atomic E-state index is 14.6. The molecule has 11 heteroatoms. The summed E-state index contributed by atoms with van der Waals surface area (Å²) < 4.78 is 35.3. The van der Waals surface area contributed by atoms with Crippen LogP contribution in [0.25, 0.3) is 0 Å². The second-order valence-electron chi connectivity index (χ2n) is 12.2. The summed E-state index contributed by atoms with van der Waals surface area (Å²) >= 11 is 7.83. The Hall–Kier alpha value is -3.99. The van der Waals surface area contributed by atoms with E-state index < -0.39 is 34.1 Å². The van der Waals surface area contributed by atoms with E-state index in [0.29, 0.717) is 22.9 Å². The molecule has 4 aromatic carbocycles. The molecule has 48 heavy (non-hydrogen) atoms. The summed E-state index contributed by atoms with van der Waals surface area (Å²) in [6.07, 6.45) is 2.12. The molecule has 2 amide bonds. The van der Waals surface area contributed by atoms with Gasteiger partial charge < -0.3 is 15.0 Å². The standard InChI is InChI=1S/C37H42ClN3O5S2/c1-6-46-31-17-15-30(16-18-31)41(48(44,45)33-21-19-32(47-5)20-22-33)26-35(42)40(25-28-13-10-14-29(38)23-28)34(36(43)39-37(2,3)4)24-27-11-8-7-9-12-27/h7-23,34H,6,24-26H2,1-5H3,(H,39,43)/t34-/m0/s1. The third kappa shape index (κ3) is 10.0. The second kappa shape index (κ2) is 16.4. The molecule has 0 fully saturated rings. The molecular weight excluding hydrogens is 666 g/mol. The lowest BCUT2D eigenvalue weighted by atomic mass is 10.0. The van der Waals surface area contributed by atoms with Crippen molar-refractivity contribution in [3.8, 4) is 5.75 Å². The number of hydrogen-bond donors (Lipinski definition) is 1. The third-order valence-corrected chi connectivity index (χ3v) is 10.1. The van der Waals surface area contributed by atoms with E-state index in [1.54, 1.807) is 54.6 Å². The predicted molar refractivity (Wildman–Crippen MR) is 194 cm³/mol. The topological polar surface area (TPSA) is 96.0 Å². The van der Waals surface area contributed by atoms with Gasteiger partial charge in [-0.2, -0.15) is 0 Å². The van der Waals surface area contributed by atoms with Crippen molar-refractivity contribution in [3.05, 3.63) is 119 Å². The summed E-state index contributed by atoms with van der Waals surface area (Å²) in [6, 6.07) is 28.6. The van der Waals surface area contributed by atoms with Gasteiger partial charge >= 0.3 is 0 Å². The Morgan fingerprint density at radius 2 is 1.54 bits per heavy atom. The number of hydrogen-bond acceptors (Lipinski definition) is 6. The quantitative estimate of drug-likeness (QED) is 0.139. The van der Waals surface area contributed by atoms with Gasteiger partial charge in [-0.25, -0.2) is 8.42 Å². The van der Waals surface area contributed by atoms with E-state index in [-0.39, 0.29) is 29.5 Å². The van der Waals surface area contributed by atoms with Crippen LogP contribution in [0.15, 0.2) is 113 Å². The number of benzene rings is 4. The maximum atomic E-state index is 14.6. The van der Waals surface area contributed by atoms with E-state index in [4.69, 9.17) is 16.3 Å². The van der Waals surface area contributed by atoms with Crippen LogP contribution in [0.4, 0.5) is 5.69 Å². The van der Waals surface area contributed by atoms with Gasteiger partial charge in [0.2, 0.25) is 11.8 Å². The van der Waals surface area contributed by atoms with Crippen molar-refractivity contribution in [2.45, 2.75) is 62.0 Å². The minimum absolute atomic E-state index is 0.0219. The molecule has 0 saturated carbocycles. The first kappa shape index (κ1) is 36.8. The molecule has 1 atom stereocenters. The van der Waals surface area contributed by atoms with Crippen LogP contribution in [0, 0.1) is 0 Å². The van der Waals surface area contributed by atoms with Crippen LogP contribution in [-0.2, 0) is 32.6 Å². The molecule has 0 bridgehead atoms. The van der Waals surface area contributed by atoms with Gasteiger partial charge in [-0.3, -0.25) is 13.9 Å². The van der Waals surface area contributed by atoms with Gasteiger partial charge in [0, 0.05) is 28.4 Å². The summed E-state index contributed by atoms with van der Waals surface area (Å²) in [5.74, 6) is -0.346. The van der Waals surface area contributed by atoms with Crippen molar-refractivity contribution in [1.82, 2.24) is 10.2 Å². The zero-order valence-corrected chi connectivity index (χ0v) is 30.2. The van der Waals surface area contributed by atoms with E-state index in [0.717, 1.165) is 14.8 Å². The molecule has 4 rings (SSSR count). The van der Waals surface area contributed by atoms with E-state index in [1.807, 2.05) is 70.3 Å². The van der Waals surface area contributed by atoms with Crippen molar-refractivity contribution in [2.24, 2.45) is 0 Å². The normalized spacial score (nSPS) is 12.2. The Kier molecular flexibility index (Phi) is 12.6. The molecule has 0 unspecified atom stereocenters. The second-order valence-corrected chi connectivity index (χ2v) is 15.4. The van der Waals surface area contributed by atoms with Gasteiger partial charge in [0.25, 0.3) is 10.0 Å². The van der Waals surface area contributed by atoms with Crippen LogP contribution in [-0.4, -0.2) is 56.1 Å². The molecule has 8 nitrogen and oxygen atoms in total. The Labute approximate surface area is 293 Å². The first-order valence-corrected chi connectivity index (χ1v) is 18.6. The molecule has 0 saturated heterocycles. The van der Waals surface area contributed by atoms with Gasteiger partial charge in [-0.15, -0.1) is 11.8 Å². The molecule has 254 valence electrons. The lowest BCUT2D eigenvalue weighted by Gasteiger charge is -2.35.